The first kappa shape index (κ1) is 10.3. The maximum Gasteiger partial charge on any atom is 0.151 e. The minimum atomic E-state index is 0.168. The van der Waals surface area contributed by atoms with Gasteiger partial charge in [0.25, 0.3) is 0 Å². The molecule has 0 aliphatic rings. The van der Waals surface area contributed by atoms with Gasteiger partial charge in [0, 0.05) is 24.2 Å². The third kappa shape index (κ3) is 3.63. The predicted molar refractivity (Wildman–Crippen MR) is 58.1 cm³/mol. The highest BCUT2D eigenvalue weighted by Gasteiger charge is 2.09. The maximum atomic E-state index is 4.25. The molecule has 0 radical (unpaired) electrons. The molecule has 0 saturated carbocycles. The lowest BCUT2D eigenvalue weighted by atomic mass is 10.3. The van der Waals surface area contributed by atoms with E-state index in [1.54, 1.807) is 24.4 Å². The fourth-order valence-corrected chi connectivity index (χ4v) is 1.20. The third-order valence-corrected chi connectivity index (χ3v) is 2.11. The second-order valence-electron chi connectivity index (χ2n) is 3.83. The molecule has 0 fully saturated rings. The van der Waals surface area contributed by atoms with Crippen LogP contribution in [0.3, 0.4) is 0 Å². The molecule has 0 aromatic carbocycles. The first-order chi connectivity index (χ1) is 5.99. The molecule has 0 spiro atoms. The minimum Gasteiger partial charge on any atom is -0.333 e. The highest BCUT2D eigenvalue weighted by Crippen LogP contribution is 2.23. The van der Waals surface area contributed by atoms with Crippen LogP contribution in [-0.4, -0.2) is 20.5 Å². The van der Waals surface area contributed by atoms with E-state index in [2.05, 4.69) is 30.2 Å². The molecule has 1 aromatic rings. The Morgan fingerprint density at radius 3 is 2.69 bits per heavy atom. The summed E-state index contributed by atoms with van der Waals surface area (Å²) in [6, 6.07) is 0. The van der Waals surface area contributed by atoms with Crippen LogP contribution < -0.4 is 0 Å². The van der Waals surface area contributed by atoms with Crippen LogP contribution in [-0.2, 0) is 7.05 Å². The molecule has 0 aliphatic heterocycles. The molecule has 1 rings (SSSR count). The van der Waals surface area contributed by atoms with E-state index in [4.69, 9.17) is 0 Å². The Bertz CT molecular complexity index is 296. The Morgan fingerprint density at radius 1 is 1.54 bits per heavy atom. The zero-order valence-electron chi connectivity index (χ0n) is 8.48. The van der Waals surface area contributed by atoms with Gasteiger partial charge in [-0.1, -0.05) is 0 Å². The summed E-state index contributed by atoms with van der Waals surface area (Å²) in [5, 5.41) is 0. The lowest BCUT2D eigenvalue weighted by Gasteiger charge is -2.11. The molecule has 72 valence electrons. The van der Waals surface area contributed by atoms with E-state index < -0.39 is 0 Å². The van der Waals surface area contributed by atoms with Gasteiger partial charge in [0.05, 0.1) is 6.21 Å². The fourth-order valence-electron chi connectivity index (χ4n) is 0.733. The van der Waals surface area contributed by atoms with Crippen molar-refractivity contribution >= 4 is 18.2 Å². The second-order valence-corrected chi connectivity index (χ2v) is 5.45. The van der Waals surface area contributed by atoms with E-state index in [0.29, 0.717) is 0 Å². The summed E-state index contributed by atoms with van der Waals surface area (Å²) in [5.74, 6) is 0.886. The van der Waals surface area contributed by atoms with Crippen molar-refractivity contribution < 1.29 is 0 Å². The zero-order valence-corrected chi connectivity index (χ0v) is 9.30. The van der Waals surface area contributed by atoms with E-state index >= 15 is 0 Å². The van der Waals surface area contributed by atoms with Crippen molar-refractivity contribution in [2.45, 2.75) is 25.5 Å². The van der Waals surface area contributed by atoms with Gasteiger partial charge in [0.2, 0.25) is 0 Å². The number of hydrogen-bond donors (Lipinski definition) is 0. The summed E-state index contributed by atoms with van der Waals surface area (Å²) in [6.07, 6.45) is 5.46. The first-order valence-electron chi connectivity index (χ1n) is 4.18. The van der Waals surface area contributed by atoms with Crippen LogP contribution in [0.25, 0.3) is 0 Å². The largest absolute Gasteiger partial charge is 0.333 e. The molecule has 0 bridgehead atoms. The molecular weight excluding hydrogens is 182 g/mol. The number of rotatable bonds is 2. The van der Waals surface area contributed by atoms with Crippen LogP contribution in [0, 0.1) is 0 Å². The lowest BCUT2D eigenvalue weighted by Crippen LogP contribution is -2.05. The Labute approximate surface area is 83.4 Å². The fraction of sp³-hybridized carbons (Fsp3) is 0.556. The summed E-state index contributed by atoms with van der Waals surface area (Å²) in [7, 11) is 1.95. The molecule has 0 atom stereocenters. The molecule has 0 saturated heterocycles. The van der Waals surface area contributed by atoms with Crippen molar-refractivity contribution in [1.82, 2.24) is 9.55 Å². The van der Waals surface area contributed by atoms with Gasteiger partial charge in [-0.15, -0.1) is 0 Å². The van der Waals surface area contributed by atoms with E-state index in [0.717, 1.165) is 5.82 Å². The monoisotopic (exact) mass is 197 g/mol. The molecule has 0 amide bonds. The third-order valence-electron chi connectivity index (χ3n) is 1.35. The van der Waals surface area contributed by atoms with Gasteiger partial charge >= 0.3 is 0 Å². The molecule has 4 heteroatoms. The molecule has 0 aliphatic carbocycles. The summed E-state index contributed by atoms with van der Waals surface area (Å²) in [6.45, 7) is 6.40. The van der Waals surface area contributed by atoms with Gasteiger partial charge in [-0.3, -0.25) is 0 Å². The van der Waals surface area contributed by atoms with Crippen LogP contribution in [0.1, 0.15) is 26.6 Å². The van der Waals surface area contributed by atoms with Crippen LogP contribution in [0.15, 0.2) is 16.8 Å². The van der Waals surface area contributed by atoms with Crippen LogP contribution in [0.4, 0.5) is 0 Å². The van der Waals surface area contributed by atoms with Crippen molar-refractivity contribution in [2.75, 3.05) is 0 Å². The molecule has 0 N–H and O–H groups in total. The molecule has 1 heterocycles. The highest BCUT2D eigenvalue weighted by atomic mass is 32.2. The quantitative estimate of drug-likeness (QED) is 0.538. The van der Waals surface area contributed by atoms with Crippen LogP contribution in [0.5, 0.6) is 0 Å². The highest BCUT2D eigenvalue weighted by molar-refractivity contribution is 7.99. The Balaban J connectivity index is 2.55. The maximum absolute atomic E-state index is 4.25. The van der Waals surface area contributed by atoms with Gasteiger partial charge in [-0.25, -0.2) is 9.38 Å². The standard InChI is InChI=1S/C9H15N3S/c1-9(2,3)13-11-7-8-10-5-6-12(8)4/h5-7H,1-4H3/b11-7+. The second kappa shape index (κ2) is 3.96. The molecule has 3 nitrogen and oxygen atoms in total. The number of aryl methyl sites for hydroxylation is 1. The average Bonchev–Trinajstić information content (AvgIpc) is 2.34. The normalized spacial score (nSPS) is 12.6. The topological polar surface area (TPSA) is 30.2 Å². The first-order valence-corrected chi connectivity index (χ1v) is 4.95. The van der Waals surface area contributed by atoms with Gasteiger partial charge in [-0.2, -0.15) is 0 Å². The molecule has 0 unspecified atom stereocenters. The van der Waals surface area contributed by atoms with Gasteiger partial charge in [0.15, 0.2) is 5.82 Å². The van der Waals surface area contributed by atoms with Crippen molar-refractivity contribution in [2.24, 2.45) is 11.4 Å². The van der Waals surface area contributed by atoms with Gasteiger partial charge < -0.3 is 4.57 Å². The van der Waals surface area contributed by atoms with Crippen LogP contribution >= 0.6 is 11.9 Å². The van der Waals surface area contributed by atoms with Crippen molar-refractivity contribution in [3.63, 3.8) is 0 Å². The van der Waals surface area contributed by atoms with E-state index in [1.165, 1.54) is 0 Å². The van der Waals surface area contributed by atoms with E-state index in [1.807, 2.05) is 17.8 Å². The summed E-state index contributed by atoms with van der Waals surface area (Å²) >= 11 is 1.56. The molecular formula is C9H15N3S. The Kier molecular flexibility index (Phi) is 3.14. The Hall–Kier alpha value is -0.770. The van der Waals surface area contributed by atoms with Crippen LogP contribution in [0.2, 0.25) is 0 Å². The summed E-state index contributed by atoms with van der Waals surface area (Å²) < 4.78 is 6.36. The number of imidazole rings is 1. The number of aromatic nitrogens is 2. The van der Waals surface area contributed by atoms with E-state index in [-0.39, 0.29) is 4.75 Å². The van der Waals surface area contributed by atoms with E-state index in [9.17, 15) is 0 Å². The zero-order chi connectivity index (χ0) is 9.90. The van der Waals surface area contributed by atoms with Crippen molar-refractivity contribution in [3.05, 3.63) is 18.2 Å². The van der Waals surface area contributed by atoms with Crippen molar-refractivity contribution in [3.8, 4) is 0 Å². The summed E-state index contributed by atoms with van der Waals surface area (Å²) in [4.78, 5) is 4.14. The van der Waals surface area contributed by atoms with Crippen molar-refractivity contribution in [1.29, 1.82) is 0 Å². The lowest BCUT2D eigenvalue weighted by molar-refractivity contribution is 0.804. The van der Waals surface area contributed by atoms with Gasteiger partial charge in [-0.05, 0) is 32.7 Å². The van der Waals surface area contributed by atoms with Gasteiger partial charge in [0.1, 0.15) is 0 Å². The number of hydrogen-bond acceptors (Lipinski definition) is 3. The SMILES string of the molecule is Cn1ccnc1/C=N/SC(C)(C)C. The Morgan fingerprint density at radius 2 is 2.23 bits per heavy atom. The average molecular weight is 197 g/mol. The smallest absolute Gasteiger partial charge is 0.151 e. The number of nitrogens with zero attached hydrogens (tertiary/aromatic N) is 3. The minimum absolute atomic E-state index is 0.168. The summed E-state index contributed by atoms with van der Waals surface area (Å²) in [5.41, 5.74) is 0. The molecule has 1 aromatic heterocycles. The predicted octanol–water partition coefficient (Wildman–Crippen LogP) is 2.29. The molecule has 13 heavy (non-hydrogen) atoms.